The van der Waals surface area contributed by atoms with Crippen molar-refractivity contribution in [2.45, 2.75) is 3.91 Å². The Kier molecular flexibility index (Phi) is 0.609. The molecule has 0 aromatic heterocycles. The summed E-state index contributed by atoms with van der Waals surface area (Å²) in [5, 5.41) is 0. The quantitative estimate of drug-likeness (QED) is 0.298. The normalized spacial score (nSPS) is 61.0. The van der Waals surface area contributed by atoms with E-state index in [0.29, 0.717) is 0 Å². The van der Waals surface area contributed by atoms with Crippen LogP contribution in [-0.4, -0.2) is 3.91 Å². The highest BCUT2D eigenvalue weighted by molar-refractivity contribution is 9.06. The van der Waals surface area contributed by atoms with Crippen molar-refractivity contribution in [2.75, 3.05) is 0 Å². The molecule has 0 aromatic carbocycles. The summed E-state index contributed by atoms with van der Waals surface area (Å²) in [6.45, 7) is 0. The van der Waals surface area contributed by atoms with E-state index in [2.05, 4.69) is 3.77 Å². The van der Waals surface area contributed by atoms with Crippen LogP contribution in [0.5, 0.6) is 0 Å². The van der Waals surface area contributed by atoms with Gasteiger partial charge in [0.2, 0.25) is 0 Å². The standard InChI is InChI=1S/CHNS4/c3-6-1(5-6)4-2-6/h1H. The van der Waals surface area contributed by atoms with E-state index in [1.165, 1.54) is 0 Å². The Morgan fingerprint density at radius 3 is 2.50 bits per heavy atom. The van der Waals surface area contributed by atoms with Crippen LogP contribution in [0, 0.1) is 0 Å². The maximum Gasteiger partial charge on any atom is 0.153 e. The first-order valence-corrected chi connectivity index (χ1v) is 6.22. The van der Waals surface area contributed by atoms with Crippen molar-refractivity contribution in [3.8, 4) is 0 Å². The molecular formula is CHNS4. The first-order chi connectivity index (χ1) is 2.81. The van der Waals surface area contributed by atoms with E-state index in [4.69, 9.17) is 11.2 Å². The first-order valence-electron chi connectivity index (χ1n) is 1.41. The molecule has 0 bridgehead atoms. The smallest absolute Gasteiger partial charge is 0.153 e. The Balaban J connectivity index is 2.84. The minimum absolute atomic E-state index is 0.727. The number of fused-ring (bicyclic) bond motifs is 1. The number of rotatable bonds is 0. The van der Waals surface area contributed by atoms with E-state index in [-0.39, 0.29) is 0 Å². The van der Waals surface area contributed by atoms with Gasteiger partial charge in [0, 0.05) is 19.4 Å². The van der Waals surface area contributed by atoms with Gasteiger partial charge in [-0.25, -0.2) is 0 Å². The molecule has 2 unspecified atom stereocenters. The van der Waals surface area contributed by atoms with Crippen molar-refractivity contribution < 1.29 is 0 Å². The summed E-state index contributed by atoms with van der Waals surface area (Å²) in [6, 6.07) is 0. The fraction of sp³-hybridized carbons (Fsp3) is 1.00. The summed E-state index contributed by atoms with van der Waals surface area (Å²) < 4.78 is 4.80. The average Bonchev–Trinajstić information content (AvgIpc) is 1.88. The molecule has 1 nitrogen and oxygen atoms in total. The molecule has 6 heavy (non-hydrogen) atoms. The molecule has 0 aliphatic carbocycles. The molecule has 0 radical (unpaired) electrons. The summed E-state index contributed by atoms with van der Waals surface area (Å²) in [4.78, 5) is 0. The highest BCUT2D eigenvalue weighted by Gasteiger charge is 2.47. The number of hydrogen-bond donors (Lipinski definition) is 0. The number of nitrogens with zero attached hydrogens (tertiary/aromatic N) is 1. The van der Waals surface area contributed by atoms with E-state index in [1.54, 1.807) is 11.9 Å². The summed E-state index contributed by atoms with van der Waals surface area (Å²) >= 11 is 6.66. The highest BCUT2D eigenvalue weighted by atomic mass is 33.4. The molecule has 0 aromatic rings. The summed E-state index contributed by atoms with van der Waals surface area (Å²) in [5.74, 6) is 0. The molecule has 2 aliphatic rings. The first kappa shape index (κ1) is 4.00. The lowest BCUT2D eigenvalue weighted by molar-refractivity contribution is 1.91. The third kappa shape index (κ3) is 0.325. The molecule has 5 heteroatoms. The van der Waals surface area contributed by atoms with Crippen molar-refractivity contribution in [3.63, 3.8) is 0 Å². The third-order valence-electron chi connectivity index (χ3n) is 0.655. The van der Waals surface area contributed by atoms with Gasteiger partial charge in [0.15, 0.2) is 3.91 Å². The van der Waals surface area contributed by atoms with Crippen LogP contribution in [0.4, 0.5) is 0 Å². The molecule has 0 N–H and O–H groups in total. The van der Waals surface area contributed by atoms with Gasteiger partial charge < -0.3 is 0 Å². The second kappa shape index (κ2) is 0.913. The van der Waals surface area contributed by atoms with Crippen LogP contribution in [0.1, 0.15) is 0 Å². The lowest BCUT2D eigenvalue weighted by Crippen LogP contribution is -1.83. The lowest BCUT2D eigenvalue weighted by Gasteiger charge is -1.92. The fourth-order valence-electron chi connectivity index (χ4n) is 0.273. The summed E-state index contributed by atoms with van der Waals surface area (Å²) in [6.07, 6.45) is 0. The Labute approximate surface area is 49.1 Å². The predicted octanol–water partition coefficient (Wildman–Crippen LogP) is 1.39. The lowest BCUT2D eigenvalue weighted by atomic mass is 11.9. The van der Waals surface area contributed by atoms with E-state index in [0.717, 1.165) is 3.91 Å². The molecule has 34 valence electrons. The Bertz CT molecular complexity index is 186. The van der Waals surface area contributed by atoms with E-state index < -0.39 is 7.42 Å². The molecule has 0 spiro atoms. The summed E-state index contributed by atoms with van der Waals surface area (Å²) in [7, 11) is 1.13. The monoisotopic (exact) mass is 155 g/mol. The zero-order chi connectivity index (χ0) is 4.20. The van der Waals surface area contributed by atoms with E-state index in [9.17, 15) is 0 Å². The zero-order valence-corrected chi connectivity index (χ0v) is 5.92. The van der Waals surface area contributed by atoms with Crippen LogP contribution in [0.25, 0.3) is 0 Å². The van der Waals surface area contributed by atoms with Gasteiger partial charge in [0.05, 0.1) is 0 Å². The van der Waals surface area contributed by atoms with Gasteiger partial charge in [-0.3, -0.25) is 0 Å². The van der Waals surface area contributed by atoms with Gasteiger partial charge in [0.25, 0.3) is 0 Å². The van der Waals surface area contributed by atoms with Crippen molar-refractivity contribution in [3.05, 3.63) is 0 Å². The Hall–Kier alpha value is 1.07. The van der Waals surface area contributed by atoms with E-state index >= 15 is 0 Å². The van der Waals surface area contributed by atoms with Crippen LogP contribution >= 0.6 is 22.7 Å². The van der Waals surface area contributed by atoms with Crippen LogP contribution < -0.4 is 0 Å². The minimum Gasteiger partial charge on any atom is -0.177 e. The molecule has 1 saturated heterocycles. The van der Waals surface area contributed by atoms with Crippen LogP contribution in [0.15, 0.2) is 3.77 Å². The Morgan fingerprint density at radius 1 is 1.83 bits per heavy atom. The van der Waals surface area contributed by atoms with Gasteiger partial charge in [-0.05, 0) is 22.0 Å². The molecule has 0 saturated carbocycles. The number of hydrogen-bond acceptors (Lipinski definition) is 4. The summed E-state index contributed by atoms with van der Waals surface area (Å²) in [5.41, 5.74) is 0. The molecule has 2 rings (SSSR count). The van der Waals surface area contributed by atoms with Gasteiger partial charge >= 0.3 is 0 Å². The average molecular weight is 155 g/mol. The molecular weight excluding hydrogens is 154 g/mol. The molecule has 2 aliphatic heterocycles. The molecule has 2 atom stereocenters. The van der Waals surface area contributed by atoms with Crippen molar-refractivity contribution in [2.24, 2.45) is 3.77 Å². The van der Waals surface area contributed by atoms with Crippen molar-refractivity contribution in [1.29, 1.82) is 0 Å². The maximum atomic E-state index is 5.01. The van der Waals surface area contributed by atoms with Crippen LogP contribution in [0.3, 0.4) is 0 Å². The second-order valence-electron chi connectivity index (χ2n) is 1.08. The largest absolute Gasteiger partial charge is 0.177 e. The van der Waals surface area contributed by atoms with Crippen LogP contribution in [0.2, 0.25) is 0 Å². The second-order valence-corrected chi connectivity index (χ2v) is 9.68. The predicted molar refractivity (Wildman–Crippen MR) is 36.1 cm³/mol. The van der Waals surface area contributed by atoms with E-state index in [1.807, 2.05) is 10.8 Å². The zero-order valence-electron chi connectivity index (χ0n) is 2.66. The Morgan fingerprint density at radius 2 is 2.50 bits per heavy atom. The topological polar surface area (TPSA) is 12.4 Å². The van der Waals surface area contributed by atoms with Crippen molar-refractivity contribution >= 4 is 41.3 Å². The van der Waals surface area contributed by atoms with Gasteiger partial charge in [-0.2, -0.15) is 3.77 Å². The van der Waals surface area contributed by atoms with Gasteiger partial charge in [0.1, 0.15) is 0 Å². The molecule has 0 amide bonds. The van der Waals surface area contributed by atoms with Gasteiger partial charge in [-0.15, -0.1) is 0 Å². The third-order valence-corrected chi connectivity index (χ3v) is 10.5. The fourth-order valence-corrected chi connectivity index (χ4v) is 8.34. The molecule has 2 heterocycles. The van der Waals surface area contributed by atoms with Crippen molar-refractivity contribution in [1.82, 2.24) is 0 Å². The molecule has 1 fully saturated rings. The maximum absolute atomic E-state index is 5.01. The highest BCUT2D eigenvalue weighted by Crippen LogP contribution is 2.63. The van der Waals surface area contributed by atoms with Crippen LogP contribution in [-0.2, 0) is 18.6 Å². The minimum atomic E-state index is -0.727. The SMILES string of the molecule is S=S12=NSC1S2. The van der Waals surface area contributed by atoms with Gasteiger partial charge in [-0.1, -0.05) is 0 Å².